The van der Waals surface area contributed by atoms with Gasteiger partial charge in [-0.15, -0.1) is 0 Å². The van der Waals surface area contributed by atoms with Crippen molar-refractivity contribution in [2.24, 2.45) is 5.92 Å². The molecule has 1 atom stereocenters. The Balaban J connectivity index is 3.30. The van der Waals surface area contributed by atoms with Crippen molar-refractivity contribution in [3.63, 3.8) is 0 Å². The van der Waals surface area contributed by atoms with Gasteiger partial charge in [-0.2, -0.15) is 5.26 Å². The summed E-state index contributed by atoms with van der Waals surface area (Å²) in [6, 6.07) is 2.23. The minimum atomic E-state index is 0.132. The molecule has 0 amide bonds. The van der Waals surface area contributed by atoms with Crippen LogP contribution in [0.3, 0.4) is 0 Å². The summed E-state index contributed by atoms with van der Waals surface area (Å²) in [5, 5.41) is 8.60. The van der Waals surface area contributed by atoms with E-state index in [2.05, 4.69) is 18.0 Å². The van der Waals surface area contributed by atoms with Gasteiger partial charge in [0.05, 0.1) is 12.0 Å². The third-order valence-corrected chi connectivity index (χ3v) is 1.94. The average molecular weight is 184 g/mol. The average Bonchev–Trinajstić information content (AvgIpc) is 2.12. The predicted molar refractivity (Wildman–Crippen MR) is 53.4 cm³/mol. The fourth-order valence-corrected chi connectivity index (χ4v) is 1.23. The summed E-state index contributed by atoms with van der Waals surface area (Å²) in [6.07, 6.45) is 2.24. The van der Waals surface area contributed by atoms with E-state index in [1.807, 2.05) is 6.92 Å². The summed E-state index contributed by atoms with van der Waals surface area (Å²) in [4.78, 5) is 2.20. The Bertz CT molecular complexity index is 153. The molecule has 0 spiro atoms. The molecule has 0 rings (SSSR count). The smallest absolute Gasteiger partial charge is 0.0666 e. The van der Waals surface area contributed by atoms with E-state index >= 15 is 0 Å². The molecule has 0 aliphatic carbocycles. The van der Waals surface area contributed by atoms with Crippen LogP contribution in [0.5, 0.6) is 0 Å². The van der Waals surface area contributed by atoms with Crippen LogP contribution in [0.25, 0.3) is 0 Å². The van der Waals surface area contributed by atoms with Crippen molar-refractivity contribution < 1.29 is 4.74 Å². The highest BCUT2D eigenvalue weighted by molar-refractivity contribution is 4.80. The standard InChI is InChI=1S/C10H20N2O/c1-10(8-11)9-12(2)6-4-5-7-13-3/h10H,4-7,9H2,1-3H3. The third-order valence-electron chi connectivity index (χ3n) is 1.94. The number of hydrogen-bond acceptors (Lipinski definition) is 3. The van der Waals surface area contributed by atoms with Crippen LogP contribution in [0.1, 0.15) is 19.8 Å². The summed E-state index contributed by atoms with van der Waals surface area (Å²) < 4.78 is 4.96. The summed E-state index contributed by atoms with van der Waals surface area (Å²) in [6.45, 7) is 4.70. The van der Waals surface area contributed by atoms with E-state index in [-0.39, 0.29) is 5.92 Å². The molecule has 0 bridgehead atoms. The SMILES string of the molecule is COCCCCN(C)CC(C)C#N. The molecule has 0 fully saturated rings. The molecule has 0 saturated heterocycles. The minimum absolute atomic E-state index is 0.132. The highest BCUT2D eigenvalue weighted by Crippen LogP contribution is 1.98. The zero-order valence-electron chi connectivity index (χ0n) is 8.92. The minimum Gasteiger partial charge on any atom is -0.385 e. The third kappa shape index (κ3) is 7.76. The maximum Gasteiger partial charge on any atom is 0.0666 e. The van der Waals surface area contributed by atoms with E-state index in [0.29, 0.717) is 0 Å². The molecule has 3 nitrogen and oxygen atoms in total. The van der Waals surface area contributed by atoms with E-state index in [1.165, 1.54) is 0 Å². The topological polar surface area (TPSA) is 36.3 Å². The van der Waals surface area contributed by atoms with Crippen molar-refractivity contribution in [3.8, 4) is 6.07 Å². The van der Waals surface area contributed by atoms with Crippen LogP contribution in [0.2, 0.25) is 0 Å². The lowest BCUT2D eigenvalue weighted by atomic mass is 10.2. The van der Waals surface area contributed by atoms with Crippen LogP contribution in [-0.4, -0.2) is 38.8 Å². The van der Waals surface area contributed by atoms with Gasteiger partial charge in [-0.3, -0.25) is 0 Å². The molecule has 3 heteroatoms. The van der Waals surface area contributed by atoms with Gasteiger partial charge in [-0.1, -0.05) is 0 Å². The molecule has 0 radical (unpaired) electrons. The van der Waals surface area contributed by atoms with E-state index in [4.69, 9.17) is 10.00 Å². The second kappa shape index (κ2) is 8.03. The lowest BCUT2D eigenvalue weighted by Gasteiger charge is -2.17. The van der Waals surface area contributed by atoms with Crippen LogP contribution in [0.15, 0.2) is 0 Å². The molecule has 76 valence electrons. The number of methoxy groups -OCH3 is 1. The summed E-state index contributed by atoms with van der Waals surface area (Å²) in [5.74, 6) is 0.132. The van der Waals surface area contributed by atoms with Crippen molar-refractivity contribution in [1.82, 2.24) is 4.90 Å². The van der Waals surface area contributed by atoms with Gasteiger partial charge in [0.1, 0.15) is 0 Å². The van der Waals surface area contributed by atoms with Crippen LogP contribution in [0, 0.1) is 17.2 Å². The number of unbranched alkanes of at least 4 members (excludes halogenated alkanes) is 1. The fraction of sp³-hybridized carbons (Fsp3) is 0.900. The quantitative estimate of drug-likeness (QED) is 0.563. The number of nitriles is 1. The Morgan fingerprint density at radius 2 is 2.15 bits per heavy atom. The molecule has 0 aromatic rings. The van der Waals surface area contributed by atoms with Crippen LogP contribution in [0.4, 0.5) is 0 Å². The van der Waals surface area contributed by atoms with E-state index < -0.39 is 0 Å². The molecule has 0 aliphatic rings. The molecule has 0 aliphatic heterocycles. The normalized spacial score (nSPS) is 12.8. The van der Waals surface area contributed by atoms with E-state index in [9.17, 15) is 0 Å². The zero-order valence-corrected chi connectivity index (χ0v) is 8.92. The van der Waals surface area contributed by atoms with Crippen LogP contribution in [-0.2, 0) is 4.74 Å². The monoisotopic (exact) mass is 184 g/mol. The van der Waals surface area contributed by atoms with Gasteiger partial charge in [-0.05, 0) is 33.4 Å². The van der Waals surface area contributed by atoms with Gasteiger partial charge in [0.25, 0.3) is 0 Å². The highest BCUT2D eigenvalue weighted by atomic mass is 16.5. The summed E-state index contributed by atoms with van der Waals surface area (Å²) in [5.41, 5.74) is 0. The number of hydrogen-bond donors (Lipinski definition) is 0. The Morgan fingerprint density at radius 1 is 1.46 bits per heavy atom. The molecular weight excluding hydrogens is 164 g/mol. The van der Waals surface area contributed by atoms with Crippen molar-refractivity contribution in [1.29, 1.82) is 5.26 Å². The Labute approximate surface area is 81.3 Å². The highest BCUT2D eigenvalue weighted by Gasteiger charge is 2.03. The van der Waals surface area contributed by atoms with Gasteiger partial charge >= 0.3 is 0 Å². The Hall–Kier alpha value is -0.590. The second-order valence-electron chi connectivity index (χ2n) is 3.49. The predicted octanol–water partition coefficient (Wildman–Crippen LogP) is 1.50. The fourth-order valence-electron chi connectivity index (χ4n) is 1.23. The van der Waals surface area contributed by atoms with E-state index in [0.717, 1.165) is 32.5 Å². The Morgan fingerprint density at radius 3 is 2.69 bits per heavy atom. The lowest BCUT2D eigenvalue weighted by molar-refractivity contribution is 0.186. The first-order valence-electron chi connectivity index (χ1n) is 4.77. The van der Waals surface area contributed by atoms with Crippen molar-refractivity contribution in [3.05, 3.63) is 0 Å². The van der Waals surface area contributed by atoms with Gasteiger partial charge in [0, 0.05) is 20.3 Å². The van der Waals surface area contributed by atoms with Crippen molar-refractivity contribution >= 4 is 0 Å². The van der Waals surface area contributed by atoms with Gasteiger partial charge in [0.15, 0.2) is 0 Å². The van der Waals surface area contributed by atoms with Crippen molar-refractivity contribution in [2.45, 2.75) is 19.8 Å². The van der Waals surface area contributed by atoms with Gasteiger partial charge in [0.2, 0.25) is 0 Å². The zero-order chi connectivity index (χ0) is 10.1. The largest absolute Gasteiger partial charge is 0.385 e. The second-order valence-corrected chi connectivity index (χ2v) is 3.49. The van der Waals surface area contributed by atoms with Crippen LogP contribution < -0.4 is 0 Å². The molecule has 0 aromatic heterocycles. The van der Waals surface area contributed by atoms with Gasteiger partial charge in [-0.25, -0.2) is 0 Å². The number of ether oxygens (including phenoxy) is 1. The Kier molecular flexibility index (Phi) is 7.66. The molecule has 1 unspecified atom stereocenters. The molecule has 0 heterocycles. The van der Waals surface area contributed by atoms with Gasteiger partial charge < -0.3 is 9.64 Å². The van der Waals surface area contributed by atoms with E-state index in [1.54, 1.807) is 7.11 Å². The van der Waals surface area contributed by atoms with Crippen molar-refractivity contribution in [2.75, 3.05) is 33.9 Å². The van der Waals surface area contributed by atoms with Crippen LogP contribution >= 0.6 is 0 Å². The summed E-state index contributed by atoms with van der Waals surface area (Å²) >= 11 is 0. The lowest BCUT2D eigenvalue weighted by Crippen LogP contribution is -2.25. The maximum atomic E-state index is 8.60. The number of nitrogens with zero attached hydrogens (tertiary/aromatic N) is 2. The summed E-state index contributed by atoms with van der Waals surface area (Å²) in [7, 11) is 3.78. The first-order chi connectivity index (χ1) is 6.20. The molecular formula is C10H20N2O. The first kappa shape index (κ1) is 12.4. The maximum absolute atomic E-state index is 8.60. The molecule has 13 heavy (non-hydrogen) atoms. The molecule has 0 N–H and O–H groups in total. The molecule has 0 aromatic carbocycles. The first-order valence-corrected chi connectivity index (χ1v) is 4.77. The molecule has 0 saturated carbocycles. The number of rotatable bonds is 7.